The molecule has 4 rings (SSSR count). The van der Waals surface area contributed by atoms with Gasteiger partial charge in [-0.15, -0.1) is 0 Å². The Kier molecular flexibility index (Phi) is 5.75. The van der Waals surface area contributed by atoms with Gasteiger partial charge in [-0.25, -0.2) is 0 Å². The van der Waals surface area contributed by atoms with Gasteiger partial charge < -0.3 is 9.80 Å². The molecule has 1 aliphatic rings. The highest BCUT2D eigenvalue weighted by Gasteiger charge is 2.32. The van der Waals surface area contributed by atoms with Crippen molar-refractivity contribution in [2.75, 3.05) is 26.2 Å². The van der Waals surface area contributed by atoms with Gasteiger partial charge in [-0.1, -0.05) is 84.4 Å². The molecule has 0 saturated carbocycles. The third kappa shape index (κ3) is 3.96. The second-order valence-corrected chi connectivity index (χ2v) is 7.59. The van der Waals surface area contributed by atoms with Crippen LogP contribution in [0.25, 0.3) is 0 Å². The number of hydrogen-bond acceptors (Lipinski definition) is 1. The van der Waals surface area contributed by atoms with Crippen molar-refractivity contribution >= 4 is 17.5 Å². The van der Waals surface area contributed by atoms with Gasteiger partial charge in [0.2, 0.25) is 0 Å². The first-order chi connectivity index (χ1) is 13.7. The molecule has 0 radical (unpaired) electrons. The molecule has 1 fully saturated rings. The van der Waals surface area contributed by atoms with E-state index < -0.39 is 0 Å². The second kappa shape index (κ2) is 8.59. The molecule has 0 unspecified atom stereocenters. The molecule has 0 bridgehead atoms. The van der Waals surface area contributed by atoms with Crippen molar-refractivity contribution in [1.82, 2.24) is 4.90 Å². The first kappa shape index (κ1) is 18.7. The molecular weight excluding hydrogens is 368 g/mol. The zero-order chi connectivity index (χ0) is 19.3. The number of benzene rings is 3. The van der Waals surface area contributed by atoms with Crippen molar-refractivity contribution in [3.8, 4) is 0 Å². The fraction of sp³-hybridized carbons (Fsp3) is 0.208. The maximum Gasteiger partial charge on any atom is 0.255 e. The maximum atomic E-state index is 12.9. The second-order valence-electron chi connectivity index (χ2n) is 7.18. The number of hydrogen-bond donors (Lipinski definition) is 1. The molecule has 1 aliphatic heterocycles. The molecule has 1 saturated heterocycles. The third-order valence-corrected chi connectivity index (χ3v) is 5.80. The van der Waals surface area contributed by atoms with Crippen LogP contribution in [0, 0.1) is 0 Å². The van der Waals surface area contributed by atoms with Crippen molar-refractivity contribution in [2.24, 2.45) is 0 Å². The minimum absolute atomic E-state index is 0.0284. The summed E-state index contributed by atoms with van der Waals surface area (Å²) in [5, 5.41) is 0.522. The standard InChI is InChI=1S/C24H23ClN2O/c25-22-14-8-7-13-21(22)24(28)27-17-15-26(16-18-27)23(19-9-3-1-4-10-19)20-11-5-2-6-12-20/h1-14,23H,15-18H2/p+1. The van der Waals surface area contributed by atoms with Crippen LogP contribution < -0.4 is 4.90 Å². The number of nitrogens with one attached hydrogen (secondary N) is 1. The van der Waals surface area contributed by atoms with Gasteiger partial charge in [0.05, 0.1) is 36.8 Å². The average molecular weight is 392 g/mol. The highest BCUT2D eigenvalue weighted by atomic mass is 35.5. The van der Waals surface area contributed by atoms with E-state index in [1.165, 1.54) is 16.0 Å². The smallest absolute Gasteiger partial charge is 0.255 e. The third-order valence-electron chi connectivity index (χ3n) is 5.47. The van der Waals surface area contributed by atoms with Crippen molar-refractivity contribution in [2.45, 2.75) is 6.04 Å². The number of halogens is 1. The van der Waals surface area contributed by atoms with Crippen molar-refractivity contribution in [1.29, 1.82) is 0 Å². The van der Waals surface area contributed by atoms with E-state index in [-0.39, 0.29) is 11.9 Å². The van der Waals surface area contributed by atoms with Crippen molar-refractivity contribution < 1.29 is 9.69 Å². The molecule has 3 aromatic carbocycles. The number of nitrogens with zero attached hydrogens (tertiary/aromatic N) is 1. The van der Waals surface area contributed by atoms with Crippen LogP contribution in [0.2, 0.25) is 5.02 Å². The molecule has 142 valence electrons. The van der Waals surface area contributed by atoms with Crippen molar-refractivity contribution in [3.63, 3.8) is 0 Å². The predicted molar refractivity (Wildman–Crippen MR) is 113 cm³/mol. The van der Waals surface area contributed by atoms with Crippen LogP contribution >= 0.6 is 11.6 Å². The molecule has 0 aromatic heterocycles. The molecule has 4 heteroatoms. The van der Waals surface area contributed by atoms with Gasteiger partial charge in [-0.2, -0.15) is 0 Å². The molecule has 0 aliphatic carbocycles. The number of carbonyl (C=O) groups excluding carboxylic acids is 1. The fourth-order valence-corrected chi connectivity index (χ4v) is 4.26. The summed E-state index contributed by atoms with van der Waals surface area (Å²) < 4.78 is 0. The Morgan fingerprint density at radius 3 is 1.82 bits per heavy atom. The van der Waals surface area contributed by atoms with Crippen LogP contribution in [0.5, 0.6) is 0 Å². The number of rotatable bonds is 4. The number of amides is 1. The van der Waals surface area contributed by atoms with Crippen LogP contribution in [0.4, 0.5) is 0 Å². The van der Waals surface area contributed by atoms with E-state index in [0.29, 0.717) is 10.6 Å². The molecule has 0 spiro atoms. The largest absolute Gasteiger partial charge is 0.327 e. The molecule has 1 N–H and O–H groups in total. The summed E-state index contributed by atoms with van der Waals surface area (Å²) in [5.74, 6) is 0.0284. The molecular formula is C24H24ClN2O+. The van der Waals surface area contributed by atoms with Gasteiger partial charge in [0.15, 0.2) is 0 Å². The minimum atomic E-state index is 0.0284. The van der Waals surface area contributed by atoms with E-state index in [1.54, 1.807) is 12.1 Å². The topological polar surface area (TPSA) is 24.8 Å². The molecule has 1 amide bonds. The van der Waals surface area contributed by atoms with Gasteiger partial charge in [0, 0.05) is 11.1 Å². The Bertz CT molecular complexity index is 882. The van der Waals surface area contributed by atoms with Crippen molar-refractivity contribution in [3.05, 3.63) is 107 Å². The van der Waals surface area contributed by atoms with Crippen LogP contribution in [0.15, 0.2) is 84.9 Å². The van der Waals surface area contributed by atoms with E-state index >= 15 is 0 Å². The lowest BCUT2D eigenvalue weighted by molar-refractivity contribution is -0.929. The van der Waals surface area contributed by atoms with Gasteiger partial charge in [-0.3, -0.25) is 4.79 Å². The first-order valence-electron chi connectivity index (χ1n) is 9.72. The number of quaternary nitrogens is 1. The van der Waals surface area contributed by atoms with E-state index in [1.807, 2.05) is 17.0 Å². The lowest BCUT2D eigenvalue weighted by Gasteiger charge is -2.37. The first-order valence-corrected chi connectivity index (χ1v) is 10.1. The lowest BCUT2D eigenvalue weighted by Crippen LogP contribution is -3.15. The van der Waals surface area contributed by atoms with E-state index in [0.717, 1.165) is 26.2 Å². The molecule has 1 heterocycles. The summed E-state index contributed by atoms with van der Waals surface area (Å²) in [6.45, 7) is 3.28. The van der Waals surface area contributed by atoms with E-state index in [9.17, 15) is 4.79 Å². The summed E-state index contributed by atoms with van der Waals surface area (Å²) in [6, 6.07) is 28.9. The van der Waals surface area contributed by atoms with Gasteiger partial charge in [-0.05, 0) is 12.1 Å². The summed E-state index contributed by atoms with van der Waals surface area (Å²) in [6.07, 6.45) is 0. The Morgan fingerprint density at radius 2 is 1.29 bits per heavy atom. The average Bonchev–Trinajstić information content (AvgIpc) is 2.76. The monoisotopic (exact) mass is 391 g/mol. The van der Waals surface area contributed by atoms with Crippen LogP contribution in [0.1, 0.15) is 27.5 Å². The summed E-state index contributed by atoms with van der Waals surface area (Å²) in [5.41, 5.74) is 3.22. The van der Waals surface area contributed by atoms with E-state index in [2.05, 4.69) is 60.7 Å². The SMILES string of the molecule is O=C(c1ccccc1Cl)N1CC[NH+](C(c2ccccc2)c2ccccc2)CC1. The molecule has 28 heavy (non-hydrogen) atoms. The predicted octanol–water partition coefficient (Wildman–Crippen LogP) is 3.47. The zero-order valence-electron chi connectivity index (χ0n) is 15.7. The van der Waals surface area contributed by atoms with Gasteiger partial charge in [0.1, 0.15) is 6.04 Å². The lowest BCUT2D eigenvalue weighted by atomic mass is 9.96. The Labute approximate surface area is 171 Å². The number of piperazine rings is 1. The van der Waals surface area contributed by atoms with Gasteiger partial charge >= 0.3 is 0 Å². The number of carbonyl (C=O) groups is 1. The summed E-state index contributed by atoms with van der Waals surface area (Å²) >= 11 is 6.22. The van der Waals surface area contributed by atoms with Crippen LogP contribution in [0.3, 0.4) is 0 Å². The van der Waals surface area contributed by atoms with Crippen LogP contribution in [-0.2, 0) is 0 Å². The normalized spacial score (nSPS) is 15.0. The Balaban J connectivity index is 1.52. The minimum Gasteiger partial charge on any atom is -0.327 e. The quantitative estimate of drug-likeness (QED) is 0.723. The maximum absolute atomic E-state index is 12.9. The zero-order valence-corrected chi connectivity index (χ0v) is 16.5. The Morgan fingerprint density at radius 1 is 0.786 bits per heavy atom. The molecule has 0 atom stereocenters. The van der Waals surface area contributed by atoms with E-state index in [4.69, 9.17) is 11.6 Å². The van der Waals surface area contributed by atoms with Gasteiger partial charge in [0.25, 0.3) is 5.91 Å². The Hall–Kier alpha value is -2.62. The molecule has 3 aromatic rings. The molecule has 3 nitrogen and oxygen atoms in total. The summed E-state index contributed by atoms with van der Waals surface area (Å²) in [7, 11) is 0. The fourth-order valence-electron chi connectivity index (χ4n) is 4.05. The summed E-state index contributed by atoms with van der Waals surface area (Å²) in [4.78, 5) is 16.3. The highest BCUT2D eigenvalue weighted by Crippen LogP contribution is 2.20. The highest BCUT2D eigenvalue weighted by molar-refractivity contribution is 6.33. The van der Waals surface area contributed by atoms with Crippen LogP contribution in [-0.4, -0.2) is 37.0 Å².